The minimum Gasteiger partial charge on any atom is -0.314 e. The van der Waals surface area contributed by atoms with Gasteiger partial charge in [0, 0.05) is 24.7 Å². The molecular weight excluding hydrogens is 128 g/mol. The number of nitrogens with zero attached hydrogens (tertiary/aromatic N) is 1. The lowest BCUT2D eigenvalue weighted by atomic mass is 10.1. The van der Waals surface area contributed by atoms with Gasteiger partial charge in [0.1, 0.15) is 0 Å². The zero-order chi connectivity index (χ0) is 7.19. The number of rotatable bonds is 0. The van der Waals surface area contributed by atoms with Crippen LogP contribution in [0.2, 0.25) is 0 Å². The first-order valence-electron chi connectivity index (χ1n) is 3.92. The van der Waals surface area contributed by atoms with E-state index in [1.165, 1.54) is 17.9 Å². The van der Waals surface area contributed by atoms with Crippen LogP contribution in [-0.2, 0) is 0 Å². The molecule has 0 bridgehead atoms. The number of hydrogen-bond acceptors (Lipinski definition) is 3. The molecule has 0 unspecified atom stereocenters. The molecule has 1 spiro atoms. The lowest BCUT2D eigenvalue weighted by molar-refractivity contribution is -0.143. The van der Waals surface area contributed by atoms with Crippen molar-refractivity contribution in [1.82, 2.24) is 10.4 Å². The Morgan fingerprint density at radius 3 is 2.80 bits per heavy atom. The highest BCUT2D eigenvalue weighted by Crippen LogP contribution is 2.37. The smallest absolute Gasteiger partial charge is 0.0447 e. The predicted molar refractivity (Wildman–Crippen MR) is 37.9 cm³/mol. The van der Waals surface area contributed by atoms with Crippen molar-refractivity contribution in [3.8, 4) is 0 Å². The molecule has 2 aliphatic rings. The van der Waals surface area contributed by atoms with Gasteiger partial charge in [0.2, 0.25) is 0 Å². The predicted octanol–water partition coefficient (Wildman–Crippen LogP) is 0.202. The van der Waals surface area contributed by atoms with Crippen LogP contribution in [-0.4, -0.2) is 34.9 Å². The summed E-state index contributed by atoms with van der Waals surface area (Å²) >= 11 is 0. The molecule has 1 saturated carbocycles. The molecule has 1 saturated heterocycles. The van der Waals surface area contributed by atoms with Crippen molar-refractivity contribution >= 4 is 0 Å². The zero-order valence-corrected chi connectivity index (χ0v) is 6.30. The first-order chi connectivity index (χ1) is 4.72. The van der Waals surface area contributed by atoms with E-state index in [9.17, 15) is 5.21 Å². The fourth-order valence-corrected chi connectivity index (χ4v) is 1.48. The van der Waals surface area contributed by atoms with Gasteiger partial charge in [-0.25, -0.2) is 0 Å². The Labute approximate surface area is 61.0 Å². The van der Waals surface area contributed by atoms with Gasteiger partial charge in [0.15, 0.2) is 0 Å². The van der Waals surface area contributed by atoms with Gasteiger partial charge in [0.25, 0.3) is 0 Å². The van der Waals surface area contributed by atoms with E-state index in [1.54, 1.807) is 0 Å². The highest BCUT2D eigenvalue weighted by Gasteiger charge is 2.46. The lowest BCUT2D eigenvalue weighted by Gasteiger charge is -2.34. The number of hydrogen-bond donors (Lipinski definition) is 2. The minimum atomic E-state index is 0.284. The van der Waals surface area contributed by atoms with E-state index >= 15 is 0 Å². The second kappa shape index (κ2) is 1.94. The normalized spacial score (nSPS) is 38.4. The molecule has 10 heavy (non-hydrogen) atoms. The summed E-state index contributed by atoms with van der Waals surface area (Å²) in [6.45, 7) is 3.77. The summed E-state index contributed by atoms with van der Waals surface area (Å²) in [5, 5.41) is 14.3. The molecule has 0 aromatic heterocycles. The van der Waals surface area contributed by atoms with Gasteiger partial charge in [-0.1, -0.05) is 0 Å². The molecule has 1 heterocycles. The van der Waals surface area contributed by atoms with Gasteiger partial charge >= 0.3 is 0 Å². The molecule has 0 aromatic rings. The molecule has 2 N–H and O–H groups in total. The Kier molecular flexibility index (Phi) is 1.27. The topological polar surface area (TPSA) is 35.5 Å². The van der Waals surface area contributed by atoms with Gasteiger partial charge in [-0.3, -0.25) is 0 Å². The van der Waals surface area contributed by atoms with Crippen LogP contribution < -0.4 is 5.32 Å². The van der Waals surface area contributed by atoms with Crippen molar-refractivity contribution in [2.24, 2.45) is 0 Å². The Hall–Kier alpha value is -0.120. The fourth-order valence-electron chi connectivity index (χ4n) is 1.48. The molecule has 1 atom stereocenters. The number of hydroxylamine groups is 2. The third kappa shape index (κ3) is 0.944. The van der Waals surface area contributed by atoms with Crippen LogP contribution in [0.3, 0.4) is 0 Å². The largest absolute Gasteiger partial charge is 0.314 e. The summed E-state index contributed by atoms with van der Waals surface area (Å²) in [6, 6.07) is 0.284. The maximum absolute atomic E-state index is 9.35. The van der Waals surface area contributed by atoms with Crippen LogP contribution in [0, 0.1) is 0 Å². The van der Waals surface area contributed by atoms with Crippen LogP contribution >= 0.6 is 0 Å². The Morgan fingerprint density at radius 2 is 2.30 bits per heavy atom. The molecule has 58 valence electrons. The molecule has 0 radical (unpaired) electrons. The monoisotopic (exact) mass is 142 g/mol. The van der Waals surface area contributed by atoms with Crippen molar-refractivity contribution in [1.29, 1.82) is 0 Å². The Morgan fingerprint density at radius 1 is 1.60 bits per heavy atom. The summed E-state index contributed by atoms with van der Waals surface area (Å²) in [5.74, 6) is 0. The molecular formula is C7H14N2O. The van der Waals surface area contributed by atoms with Crippen LogP contribution in [0.1, 0.15) is 19.8 Å². The van der Waals surface area contributed by atoms with Crippen LogP contribution in [0.5, 0.6) is 0 Å². The zero-order valence-electron chi connectivity index (χ0n) is 6.30. The van der Waals surface area contributed by atoms with E-state index in [2.05, 4.69) is 5.32 Å². The molecule has 2 fully saturated rings. The Balaban J connectivity index is 1.98. The van der Waals surface area contributed by atoms with E-state index in [4.69, 9.17) is 0 Å². The molecule has 3 heteroatoms. The van der Waals surface area contributed by atoms with E-state index in [1.807, 2.05) is 6.92 Å². The molecule has 0 aromatic carbocycles. The maximum atomic E-state index is 9.35. The summed E-state index contributed by atoms with van der Waals surface area (Å²) in [6.07, 6.45) is 2.47. The van der Waals surface area contributed by atoms with Crippen molar-refractivity contribution in [2.75, 3.05) is 13.1 Å². The first kappa shape index (κ1) is 6.58. The average molecular weight is 142 g/mol. The van der Waals surface area contributed by atoms with Crippen molar-refractivity contribution in [3.05, 3.63) is 0 Å². The number of nitrogens with one attached hydrogen (secondary N) is 1. The minimum absolute atomic E-state index is 0.284. The molecule has 0 amide bonds. The van der Waals surface area contributed by atoms with E-state index in [0.717, 1.165) is 13.1 Å². The van der Waals surface area contributed by atoms with Gasteiger partial charge in [0.05, 0.1) is 0 Å². The lowest BCUT2D eigenvalue weighted by Crippen LogP contribution is -2.55. The van der Waals surface area contributed by atoms with Crippen molar-refractivity contribution in [2.45, 2.75) is 31.3 Å². The van der Waals surface area contributed by atoms with Gasteiger partial charge in [-0.15, -0.1) is 0 Å². The summed E-state index contributed by atoms with van der Waals surface area (Å²) in [4.78, 5) is 0. The molecule has 1 aliphatic heterocycles. The fraction of sp³-hybridized carbons (Fsp3) is 1.00. The van der Waals surface area contributed by atoms with Crippen LogP contribution in [0.25, 0.3) is 0 Å². The van der Waals surface area contributed by atoms with E-state index in [0.29, 0.717) is 5.54 Å². The summed E-state index contributed by atoms with van der Waals surface area (Å²) < 4.78 is 0. The number of piperazine rings is 1. The SMILES string of the molecule is C[C@H]1CNC2(CC2)CN1O. The third-order valence-corrected chi connectivity index (χ3v) is 2.60. The standard InChI is InChI=1S/C7H14N2O/c1-6-4-8-7(2-3-7)5-9(6)10/h6,8,10H,2-5H2,1H3/t6-/m0/s1. The molecule has 3 nitrogen and oxygen atoms in total. The summed E-state index contributed by atoms with van der Waals surface area (Å²) in [5.41, 5.74) is 0.307. The summed E-state index contributed by atoms with van der Waals surface area (Å²) in [7, 11) is 0. The average Bonchev–Trinajstić information content (AvgIpc) is 2.62. The molecule has 2 rings (SSSR count). The maximum Gasteiger partial charge on any atom is 0.0447 e. The van der Waals surface area contributed by atoms with Crippen LogP contribution in [0.4, 0.5) is 0 Å². The van der Waals surface area contributed by atoms with Crippen LogP contribution in [0.15, 0.2) is 0 Å². The van der Waals surface area contributed by atoms with Crippen molar-refractivity contribution < 1.29 is 5.21 Å². The van der Waals surface area contributed by atoms with E-state index < -0.39 is 0 Å². The third-order valence-electron chi connectivity index (χ3n) is 2.60. The van der Waals surface area contributed by atoms with Gasteiger partial charge in [-0.05, 0) is 19.8 Å². The van der Waals surface area contributed by atoms with Gasteiger partial charge in [-0.2, -0.15) is 5.06 Å². The molecule has 1 aliphatic carbocycles. The van der Waals surface area contributed by atoms with Crippen molar-refractivity contribution in [3.63, 3.8) is 0 Å². The van der Waals surface area contributed by atoms with E-state index in [-0.39, 0.29) is 6.04 Å². The quantitative estimate of drug-likeness (QED) is 0.507. The van der Waals surface area contributed by atoms with Gasteiger partial charge < -0.3 is 10.5 Å². The second-order valence-electron chi connectivity index (χ2n) is 3.61. The Bertz CT molecular complexity index is 145. The second-order valence-corrected chi connectivity index (χ2v) is 3.61. The highest BCUT2D eigenvalue weighted by molar-refractivity contribution is 5.06. The first-order valence-corrected chi connectivity index (χ1v) is 3.92. The highest BCUT2D eigenvalue weighted by atomic mass is 16.5.